The van der Waals surface area contributed by atoms with Gasteiger partial charge in [0.15, 0.2) is 0 Å². The van der Waals surface area contributed by atoms with Gasteiger partial charge in [0.05, 0.1) is 0 Å². The molecule has 1 amide bonds. The minimum absolute atomic E-state index is 0.0136. The normalized spacial score (nSPS) is 17.2. The molecule has 1 N–H and O–H groups in total. The third-order valence-electron chi connectivity index (χ3n) is 4.38. The number of rotatable bonds is 5. The minimum Gasteiger partial charge on any atom is -0.353 e. The Labute approximate surface area is 124 Å². The molecule has 2 aromatic rings. The molecule has 0 aliphatic heterocycles. The molecule has 21 heavy (non-hydrogen) atoms. The molecule has 1 atom stereocenters. The van der Waals surface area contributed by atoms with Crippen LogP contribution < -0.4 is 5.32 Å². The van der Waals surface area contributed by atoms with E-state index in [0.717, 1.165) is 12.8 Å². The SMILES string of the molecule is Cc1ccccc1C1(CNC(=O)[C@@H](C)n2cncn2)CC1. The Hall–Kier alpha value is -2.17. The number of nitrogens with one attached hydrogen (secondary N) is 1. The Morgan fingerprint density at radius 1 is 1.43 bits per heavy atom. The molecule has 110 valence electrons. The molecular formula is C16H20N4O. The molecule has 1 aliphatic carbocycles. The zero-order valence-corrected chi connectivity index (χ0v) is 12.4. The molecular weight excluding hydrogens is 264 g/mol. The van der Waals surface area contributed by atoms with Crippen molar-refractivity contribution < 1.29 is 4.79 Å². The van der Waals surface area contributed by atoms with E-state index in [2.05, 4.69) is 46.6 Å². The second-order valence-electron chi connectivity index (χ2n) is 5.86. The van der Waals surface area contributed by atoms with Crippen LogP contribution in [-0.4, -0.2) is 27.2 Å². The fourth-order valence-electron chi connectivity index (χ4n) is 2.80. The summed E-state index contributed by atoms with van der Waals surface area (Å²) < 4.78 is 1.57. The second-order valence-corrected chi connectivity index (χ2v) is 5.86. The number of benzene rings is 1. The van der Waals surface area contributed by atoms with Crippen molar-refractivity contribution in [2.24, 2.45) is 0 Å². The number of carbonyl (C=O) groups is 1. The average Bonchev–Trinajstić information content (AvgIpc) is 3.08. The number of hydrogen-bond donors (Lipinski definition) is 1. The van der Waals surface area contributed by atoms with Crippen LogP contribution in [0.4, 0.5) is 0 Å². The fraction of sp³-hybridized carbons (Fsp3) is 0.438. The quantitative estimate of drug-likeness (QED) is 0.913. The van der Waals surface area contributed by atoms with Gasteiger partial charge in [-0.3, -0.25) is 4.79 Å². The van der Waals surface area contributed by atoms with Crippen LogP contribution >= 0.6 is 0 Å². The van der Waals surface area contributed by atoms with Crippen molar-refractivity contribution in [2.75, 3.05) is 6.54 Å². The van der Waals surface area contributed by atoms with Crippen molar-refractivity contribution in [2.45, 2.75) is 38.1 Å². The topological polar surface area (TPSA) is 59.8 Å². The molecule has 0 unspecified atom stereocenters. The van der Waals surface area contributed by atoms with Crippen LogP contribution in [-0.2, 0) is 10.2 Å². The maximum absolute atomic E-state index is 12.2. The Balaban J connectivity index is 1.65. The van der Waals surface area contributed by atoms with Crippen LogP contribution in [0.5, 0.6) is 0 Å². The summed E-state index contributed by atoms with van der Waals surface area (Å²) in [6, 6.07) is 8.10. The summed E-state index contributed by atoms with van der Waals surface area (Å²) in [5.41, 5.74) is 2.79. The Morgan fingerprint density at radius 2 is 2.19 bits per heavy atom. The first-order valence-electron chi connectivity index (χ1n) is 7.30. The molecule has 0 radical (unpaired) electrons. The molecule has 1 heterocycles. The van der Waals surface area contributed by atoms with Gasteiger partial charge in [0.1, 0.15) is 18.7 Å². The summed E-state index contributed by atoms with van der Waals surface area (Å²) in [5.74, 6) is -0.0136. The lowest BCUT2D eigenvalue weighted by Crippen LogP contribution is -2.37. The maximum atomic E-state index is 12.2. The zero-order valence-electron chi connectivity index (χ0n) is 12.4. The van der Waals surface area contributed by atoms with E-state index in [9.17, 15) is 4.79 Å². The van der Waals surface area contributed by atoms with Gasteiger partial charge in [-0.05, 0) is 37.8 Å². The van der Waals surface area contributed by atoms with Gasteiger partial charge in [0, 0.05) is 12.0 Å². The lowest BCUT2D eigenvalue weighted by Gasteiger charge is -2.20. The summed E-state index contributed by atoms with van der Waals surface area (Å²) in [6.45, 7) is 4.66. The highest BCUT2D eigenvalue weighted by Crippen LogP contribution is 2.48. The van der Waals surface area contributed by atoms with Crippen LogP contribution in [0.3, 0.4) is 0 Å². The number of aryl methyl sites for hydroxylation is 1. The van der Waals surface area contributed by atoms with Crippen molar-refractivity contribution in [3.63, 3.8) is 0 Å². The van der Waals surface area contributed by atoms with Crippen molar-refractivity contribution in [1.82, 2.24) is 20.1 Å². The van der Waals surface area contributed by atoms with Crippen LogP contribution in [0, 0.1) is 6.92 Å². The first kappa shape index (κ1) is 13.8. The lowest BCUT2D eigenvalue weighted by molar-refractivity contribution is -0.124. The summed E-state index contributed by atoms with van der Waals surface area (Å²) in [6.07, 6.45) is 5.28. The highest BCUT2D eigenvalue weighted by Gasteiger charge is 2.45. The minimum atomic E-state index is -0.333. The van der Waals surface area contributed by atoms with Gasteiger partial charge >= 0.3 is 0 Å². The van der Waals surface area contributed by atoms with E-state index >= 15 is 0 Å². The molecule has 0 spiro atoms. The lowest BCUT2D eigenvalue weighted by atomic mass is 9.92. The van der Waals surface area contributed by atoms with E-state index in [1.54, 1.807) is 11.0 Å². The summed E-state index contributed by atoms with van der Waals surface area (Å²) in [7, 11) is 0. The van der Waals surface area contributed by atoms with Gasteiger partial charge < -0.3 is 5.32 Å². The van der Waals surface area contributed by atoms with E-state index in [0.29, 0.717) is 6.54 Å². The van der Waals surface area contributed by atoms with Crippen LogP contribution in [0.2, 0.25) is 0 Å². The summed E-state index contributed by atoms with van der Waals surface area (Å²) in [4.78, 5) is 16.1. The summed E-state index contributed by atoms with van der Waals surface area (Å²) >= 11 is 0. The monoisotopic (exact) mass is 284 g/mol. The highest BCUT2D eigenvalue weighted by molar-refractivity contribution is 5.79. The predicted molar refractivity (Wildman–Crippen MR) is 79.8 cm³/mol. The van der Waals surface area contributed by atoms with Gasteiger partial charge in [-0.15, -0.1) is 0 Å². The van der Waals surface area contributed by atoms with Gasteiger partial charge in [-0.25, -0.2) is 9.67 Å². The van der Waals surface area contributed by atoms with Gasteiger partial charge in [0.25, 0.3) is 0 Å². The molecule has 1 aromatic carbocycles. The molecule has 5 nitrogen and oxygen atoms in total. The predicted octanol–water partition coefficient (Wildman–Crippen LogP) is 2.00. The smallest absolute Gasteiger partial charge is 0.244 e. The third kappa shape index (κ3) is 2.68. The number of nitrogens with zero attached hydrogens (tertiary/aromatic N) is 3. The van der Waals surface area contributed by atoms with E-state index in [-0.39, 0.29) is 17.4 Å². The maximum Gasteiger partial charge on any atom is 0.244 e. The Kier molecular flexibility index (Phi) is 3.49. The first-order valence-corrected chi connectivity index (χ1v) is 7.30. The molecule has 5 heteroatoms. The van der Waals surface area contributed by atoms with Gasteiger partial charge in [-0.2, -0.15) is 5.10 Å². The molecule has 0 bridgehead atoms. The summed E-state index contributed by atoms with van der Waals surface area (Å²) in [5, 5.41) is 7.09. The van der Waals surface area contributed by atoms with Crippen molar-refractivity contribution in [3.8, 4) is 0 Å². The van der Waals surface area contributed by atoms with Crippen molar-refractivity contribution >= 4 is 5.91 Å². The third-order valence-corrected chi connectivity index (χ3v) is 4.38. The molecule has 1 fully saturated rings. The van der Waals surface area contributed by atoms with E-state index < -0.39 is 0 Å². The van der Waals surface area contributed by atoms with Crippen molar-refractivity contribution in [3.05, 3.63) is 48.0 Å². The zero-order chi connectivity index (χ0) is 14.9. The molecule has 1 aromatic heterocycles. The Bertz CT molecular complexity index is 631. The fourth-order valence-corrected chi connectivity index (χ4v) is 2.80. The van der Waals surface area contributed by atoms with Crippen LogP contribution in [0.25, 0.3) is 0 Å². The standard InChI is InChI=1S/C16H20N4O/c1-12-5-3-4-6-14(12)16(7-8-16)9-18-15(21)13(2)20-11-17-10-19-20/h3-6,10-11,13H,7-9H2,1-2H3,(H,18,21)/t13-/m1/s1. The molecule has 1 saturated carbocycles. The highest BCUT2D eigenvalue weighted by atomic mass is 16.2. The number of amides is 1. The molecule has 1 aliphatic rings. The first-order chi connectivity index (χ1) is 10.1. The van der Waals surface area contributed by atoms with E-state index in [4.69, 9.17) is 0 Å². The van der Waals surface area contributed by atoms with Gasteiger partial charge in [0.2, 0.25) is 5.91 Å². The number of carbonyl (C=O) groups excluding carboxylic acids is 1. The van der Waals surface area contributed by atoms with E-state index in [1.165, 1.54) is 17.5 Å². The van der Waals surface area contributed by atoms with Crippen LogP contribution in [0.15, 0.2) is 36.9 Å². The van der Waals surface area contributed by atoms with Gasteiger partial charge in [-0.1, -0.05) is 24.3 Å². The Morgan fingerprint density at radius 3 is 2.81 bits per heavy atom. The molecule has 3 rings (SSSR count). The second kappa shape index (κ2) is 5.31. The van der Waals surface area contributed by atoms with Crippen molar-refractivity contribution in [1.29, 1.82) is 0 Å². The number of hydrogen-bond acceptors (Lipinski definition) is 3. The molecule has 0 saturated heterocycles. The number of aromatic nitrogens is 3. The largest absolute Gasteiger partial charge is 0.353 e. The average molecular weight is 284 g/mol. The van der Waals surface area contributed by atoms with E-state index in [1.807, 2.05) is 6.92 Å². The van der Waals surface area contributed by atoms with Crippen LogP contribution in [0.1, 0.15) is 36.9 Å².